The third kappa shape index (κ3) is 4.89. The van der Waals surface area contributed by atoms with E-state index in [1.807, 2.05) is 19.9 Å². The zero-order chi connectivity index (χ0) is 19.3. The van der Waals surface area contributed by atoms with Crippen LogP contribution in [0.15, 0.2) is 36.4 Å². The number of Topliss-reactive ketones (excluding diaryl/α,β-unsaturated/α-hetero) is 1. The smallest absolute Gasteiger partial charge is 0.325 e. The number of urea groups is 1. The van der Waals surface area contributed by atoms with E-state index in [0.29, 0.717) is 5.69 Å². The van der Waals surface area contributed by atoms with Gasteiger partial charge in [-0.2, -0.15) is 0 Å². The number of imide groups is 1. The van der Waals surface area contributed by atoms with Gasteiger partial charge in [0, 0.05) is 11.8 Å². The normalized spacial score (nSPS) is 10.2. The minimum absolute atomic E-state index is 0.0605. The van der Waals surface area contributed by atoms with E-state index in [-0.39, 0.29) is 11.3 Å². The molecule has 2 aromatic rings. The van der Waals surface area contributed by atoms with Crippen molar-refractivity contribution in [3.8, 4) is 5.75 Å². The lowest BCUT2D eigenvalue weighted by molar-refractivity contribution is -0.121. The summed E-state index contributed by atoms with van der Waals surface area (Å²) >= 11 is 0. The maximum absolute atomic E-state index is 13.7. The van der Waals surface area contributed by atoms with Gasteiger partial charge in [0.25, 0.3) is 5.91 Å². The lowest BCUT2D eigenvalue weighted by Crippen LogP contribution is -2.37. The average molecular weight is 358 g/mol. The first-order chi connectivity index (χ1) is 12.3. The summed E-state index contributed by atoms with van der Waals surface area (Å²) in [5.41, 5.74) is 2.44. The zero-order valence-electron chi connectivity index (χ0n) is 14.7. The summed E-state index contributed by atoms with van der Waals surface area (Å²) in [5, 5.41) is 4.71. The van der Waals surface area contributed by atoms with Crippen molar-refractivity contribution in [3.05, 3.63) is 58.9 Å². The molecule has 0 aromatic heterocycles. The van der Waals surface area contributed by atoms with Crippen LogP contribution in [0.25, 0.3) is 0 Å². The third-order valence-electron chi connectivity index (χ3n) is 3.80. The minimum Gasteiger partial charge on any atom is -0.484 e. The second-order valence-corrected chi connectivity index (χ2v) is 5.74. The van der Waals surface area contributed by atoms with Crippen LogP contribution in [0.3, 0.4) is 0 Å². The molecule has 0 saturated heterocycles. The Labute approximate surface area is 150 Å². The molecule has 2 N–H and O–H groups in total. The van der Waals surface area contributed by atoms with Crippen molar-refractivity contribution in [1.29, 1.82) is 0 Å². The fourth-order valence-electron chi connectivity index (χ4n) is 2.22. The van der Waals surface area contributed by atoms with E-state index < -0.39 is 30.1 Å². The van der Waals surface area contributed by atoms with Crippen LogP contribution >= 0.6 is 0 Å². The van der Waals surface area contributed by atoms with Crippen molar-refractivity contribution in [2.24, 2.45) is 0 Å². The largest absolute Gasteiger partial charge is 0.484 e. The standard InChI is InChI=1S/C19H19FN2O4/c1-11-5-4-6-17(12(11)2)21-19(25)22-18(24)10-26-14-7-8-15(13(3)23)16(20)9-14/h4-9H,10H2,1-3H3,(H2,21,22,24,25). The molecule has 0 heterocycles. The Morgan fingerprint density at radius 3 is 2.50 bits per heavy atom. The maximum atomic E-state index is 13.7. The van der Waals surface area contributed by atoms with E-state index >= 15 is 0 Å². The number of carbonyl (C=O) groups excluding carboxylic acids is 3. The molecule has 6 nitrogen and oxygen atoms in total. The van der Waals surface area contributed by atoms with Crippen LogP contribution in [0.5, 0.6) is 5.75 Å². The second-order valence-electron chi connectivity index (χ2n) is 5.74. The van der Waals surface area contributed by atoms with E-state index in [1.165, 1.54) is 19.1 Å². The van der Waals surface area contributed by atoms with Gasteiger partial charge in [-0.15, -0.1) is 0 Å². The van der Waals surface area contributed by atoms with Crippen molar-refractivity contribution in [2.45, 2.75) is 20.8 Å². The number of carbonyl (C=O) groups is 3. The number of anilines is 1. The molecule has 0 radical (unpaired) electrons. The molecule has 26 heavy (non-hydrogen) atoms. The van der Waals surface area contributed by atoms with Crippen LogP contribution in [-0.4, -0.2) is 24.3 Å². The molecule has 2 aromatic carbocycles. The number of benzene rings is 2. The second kappa shape index (κ2) is 8.24. The summed E-state index contributed by atoms with van der Waals surface area (Å²) in [6, 6.07) is 8.41. The Bertz CT molecular complexity index is 865. The first-order valence-electron chi connectivity index (χ1n) is 7.88. The number of hydrogen-bond donors (Lipinski definition) is 2. The van der Waals surface area contributed by atoms with Crippen LogP contribution in [-0.2, 0) is 4.79 Å². The molecule has 0 fully saturated rings. The Morgan fingerprint density at radius 1 is 1.12 bits per heavy atom. The highest BCUT2D eigenvalue weighted by molar-refractivity contribution is 6.02. The van der Waals surface area contributed by atoms with Gasteiger partial charge in [0.15, 0.2) is 12.4 Å². The monoisotopic (exact) mass is 358 g/mol. The minimum atomic E-state index is -0.733. The Morgan fingerprint density at radius 2 is 1.85 bits per heavy atom. The van der Waals surface area contributed by atoms with E-state index in [2.05, 4.69) is 10.6 Å². The van der Waals surface area contributed by atoms with Gasteiger partial charge < -0.3 is 10.1 Å². The quantitative estimate of drug-likeness (QED) is 0.803. The summed E-state index contributed by atoms with van der Waals surface area (Å²) in [7, 11) is 0. The van der Waals surface area contributed by atoms with E-state index in [9.17, 15) is 18.8 Å². The van der Waals surface area contributed by atoms with Crippen molar-refractivity contribution in [1.82, 2.24) is 5.32 Å². The Kier molecular flexibility index (Phi) is 6.06. The molecule has 7 heteroatoms. The molecular formula is C19H19FN2O4. The van der Waals surface area contributed by atoms with Gasteiger partial charge in [-0.05, 0) is 50.1 Å². The molecule has 136 valence electrons. The summed E-state index contributed by atoms with van der Waals surface area (Å²) in [6.07, 6.45) is 0. The molecule has 0 aliphatic rings. The summed E-state index contributed by atoms with van der Waals surface area (Å²) in [4.78, 5) is 34.8. The SMILES string of the molecule is CC(=O)c1ccc(OCC(=O)NC(=O)Nc2cccc(C)c2C)cc1F. The highest BCUT2D eigenvalue weighted by atomic mass is 19.1. The van der Waals surface area contributed by atoms with Crippen LogP contribution in [0.2, 0.25) is 0 Å². The predicted octanol–water partition coefficient (Wildman–Crippen LogP) is 3.37. The summed E-state index contributed by atoms with van der Waals surface area (Å²) < 4.78 is 18.8. The number of aryl methyl sites for hydroxylation is 1. The van der Waals surface area contributed by atoms with E-state index in [4.69, 9.17) is 4.74 Å². The van der Waals surface area contributed by atoms with Crippen molar-refractivity contribution < 1.29 is 23.5 Å². The lowest BCUT2D eigenvalue weighted by Gasteiger charge is -2.11. The number of nitrogens with one attached hydrogen (secondary N) is 2. The van der Waals surface area contributed by atoms with Gasteiger partial charge in [0.2, 0.25) is 0 Å². The van der Waals surface area contributed by atoms with Crippen LogP contribution in [0, 0.1) is 19.7 Å². The molecule has 0 spiro atoms. The van der Waals surface area contributed by atoms with Crippen LogP contribution in [0.4, 0.5) is 14.9 Å². The third-order valence-corrected chi connectivity index (χ3v) is 3.80. The number of amides is 3. The summed E-state index contributed by atoms with van der Waals surface area (Å²) in [5.74, 6) is -1.75. The molecular weight excluding hydrogens is 339 g/mol. The van der Waals surface area contributed by atoms with Gasteiger partial charge in [-0.1, -0.05) is 12.1 Å². The molecule has 0 bridgehead atoms. The molecule has 3 amide bonds. The summed E-state index contributed by atoms with van der Waals surface area (Å²) in [6.45, 7) is 4.54. The molecule has 0 unspecified atom stereocenters. The highest BCUT2D eigenvalue weighted by Gasteiger charge is 2.12. The van der Waals surface area contributed by atoms with E-state index in [0.717, 1.165) is 17.2 Å². The molecule has 0 aliphatic heterocycles. The Hall–Kier alpha value is -3.22. The number of ether oxygens (including phenoxy) is 1. The molecule has 2 rings (SSSR count). The first-order valence-corrected chi connectivity index (χ1v) is 7.88. The number of ketones is 1. The zero-order valence-corrected chi connectivity index (χ0v) is 14.7. The van der Waals surface area contributed by atoms with Gasteiger partial charge in [0.1, 0.15) is 11.6 Å². The number of halogens is 1. The van der Waals surface area contributed by atoms with Crippen molar-refractivity contribution in [2.75, 3.05) is 11.9 Å². The predicted molar refractivity (Wildman–Crippen MR) is 95.0 cm³/mol. The average Bonchev–Trinajstić information content (AvgIpc) is 2.57. The van der Waals surface area contributed by atoms with Crippen molar-refractivity contribution >= 4 is 23.4 Å². The lowest BCUT2D eigenvalue weighted by atomic mass is 10.1. The van der Waals surface area contributed by atoms with E-state index in [1.54, 1.807) is 12.1 Å². The van der Waals surface area contributed by atoms with Gasteiger partial charge in [-0.25, -0.2) is 9.18 Å². The highest BCUT2D eigenvalue weighted by Crippen LogP contribution is 2.18. The van der Waals surface area contributed by atoms with Gasteiger partial charge in [0.05, 0.1) is 5.56 Å². The molecule has 0 saturated carbocycles. The van der Waals surface area contributed by atoms with Crippen LogP contribution in [0.1, 0.15) is 28.4 Å². The topological polar surface area (TPSA) is 84.5 Å². The molecule has 0 aliphatic carbocycles. The Balaban J connectivity index is 1.88. The fraction of sp³-hybridized carbons (Fsp3) is 0.211. The fourth-order valence-corrected chi connectivity index (χ4v) is 2.22. The molecule has 0 atom stereocenters. The number of hydrogen-bond acceptors (Lipinski definition) is 4. The first kappa shape index (κ1) is 19.1. The van der Waals surface area contributed by atoms with Gasteiger partial charge >= 0.3 is 6.03 Å². The van der Waals surface area contributed by atoms with Crippen LogP contribution < -0.4 is 15.4 Å². The number of rotatable bonds is 5. The van der Waals surface area contributed by atoms with Crippen molar-refractivity contribution in [3.63, 3.8) is 0 Å². The van der Waals surface area contributed by atoms with Gasteiger partial charge in [-0.3, -0.25) is 14.9 Å². The maximum Gasteiger partial charge on any atom is 0.325 e.